The molecule has 2 nitrogen and oxygen atoms in total. The third-order valence-corrected chi connectivity index (χ3v) is 1.82. The highest BCUT2D eigenvalue weighted by Crippen LogP contribution is 2.06. The molecule has 9 heavy (non-hydrogen) atoms. The van der Waals surface area contributed by atoms with Gasteiger partial charge in [0.15, 0.2) is 0 Å². The minimum Gasteiger partial charge on any atom is -0.354 e. The van der Waals surface area contributed by atoms with E-state index in [2.05, 4.69) is 5.32 Å². The van der Waals surface area contributed by atoms with Crippen LogP contribution in [0.2, 0.25) is 0 Å². The van der Waals surface area contributed by atoms with E-state index >= 15 is 0 Å². The lowest BCUT2D eigenvalue weighted by molar-refractivity contribution is -0.109. The summed E-state index contributed by atoms with van der Waals surface area (Å²) in [4.78, 5) is 11.0. The maximum absolute atomic E-state index is 9.79. The van der Waals surface area contributed by atoms with E-state index in [4.69, 9.17) is 0 Å². The molecule has 0 aliphatic rings. The molecule has 1 aromatic heterocycles. The van der Waals surface area contributed by atoms with E-state index < -0.39 is 0 Å². The van der Waals surface area contributed by atoms with E-state index in [-0.39, 0.29) is 0 Å². The smallest absolute Gasteiger partial charge is 0.207 e. The van der Waals surface area contributed by atoms with Gasteiger partial charge in [0, 0.05) is 4.88 Å². The fourth-order valence-electron chi connectivity index (χ4n) is 0.555. The van der Waals surface area contributed by atoms with E-state index in [1.807, 2.05) is 17.5 Å². The van der Waals surface area contributed by atoms with Crippen LogP contribution in [0.4, 0.5) is 0 Å². The van der Waals surface area contributed by atoms with Crippen LogP contribution in [-0.4, -0.2) is 6.41 Å². The van der Waals surface area contributed by atoms with Crippen molar-refractivity contribution in [3.05, 3.63) is 22.4 Å². The van der Waals surface area contributed by atoms with Gasteiger partial charge in [0.1, 0.15) is 0 Å². The van der Waals surface area contributed by atoms with Gasteiger partial charge in [-0.1, -0.05) is 6.07 Å². The summed E-state index contributed by atoms with van der Waals surface area (Å²) in [5.41, 5.74) is 0. The highest BCUT2D eigenvalue weighted by molar-refractivity contribution is 7.09. The molecule has 0 saturated heterocycles. The Morgan fingerprint density at radius 1 is 1.78 bits per heavy atom. The third-order valence-electron chi connectivity index (χ3n) is 0.940. The SMILES string of the molecule is O=CNCc1cccs1. The van der Waals surface area contributed by atoms with Gasteiger partial charge in [-0.05, 0) is 11.4 Å². The lowest BCUT2D eigenvalue weighted by atomic mass is 10.5. The van der Waals surface area contributed by atoms with Crippen molar-refractivity contribution in [3.63, 3.8) is 0 Å². The maximum Gasteiger partial charge on any atom is 0.207 e. The van der Waals surface area contributed by atoms with Crippen molar-refractivity contribution in [2.24, 2.45) is 0 Å². The summed E-state index contributed by atoms with van der Waals surface area (Å²) in [6.45, 7) is 0.654. The van der Waals surface area contributed by atoms with Gasteiger partial charge in [0.2, 0.25) is 6.41 Å². The first-order chi connectivity index (χ1) is 4.43. The van der Waals surface area contributed by atoms with Gasteiger partial charge in [-0.25, -0.2) is 0 Å². The van der Waals surface area contributed by atoms with Crippen molar-refractivity contribution in [1.82, 2.24) is 5.32 Å². The molecule has 1 rings (SSSR count). The predicted octanol–water partition coefficient (Wildman–Crippen LogP) is 0.994. The van der Waals surface area contributed by atoms with Crippen LogP contribution in [0.5, 0.6) is 0 Å². The molecule has 3 heteroatoms. The predicted molar refractivity (Wildman–Crippen MR) is 37.2 cm³/mol. The minimum atomic E-state index is 0.654. The Kier molecular flexibility index (Phi) is 2.27. The summed E-state index contributed by atoms with van der Waals surface area (Å²) in [7, 11) is 0. The van der Waals surface area contributed by atoms with Crippen LogP contribution < -0.4 is 5.32 Å². The fraction of sp³-hybridized carbons (Fsp3) is 0.167. The van der Waals surface area contributed by atoms with Gasteiger partial charge in [-0.3, -0.25) is 4.79 Å². The molecule has 0 unspecified atom stereocenters. The summed E-state index contributed by atoms with van der Waals surface area (Å²) in [5.74, 6) is 0. The Morgan fingerprint density at radius 2 is 2.67 bits per heavy atom. The first-order valence-electron chi connectivity index (χ1n) is 2.63. The summed E-state index contributed by atoms with van der Waals surface area (Å²) in [6, 6.07) is 3.95. The second-order valence-electron chi connectivity index (χ2n) is 1.58. The number of carbonyl (C=O) groups excluding carboxylic acids is 1. The van der Waals surface area contributed by atoms with Crippen LogP contribution in [0.25, 0.3) is 0 Å². The molecule has 0 aliphatic carbocycles. The molecule has 0 aliphatic heterocycles. The Hall–Kier alpha value is -0.830. The Bertz CT molecular complexity index is 171. The molecule has 0 saturated carbocycles. The highest BCUT2D eigenvalue weighted by atomic mass is 32.1. The lowest BCUT2D eigenvalue weighted by Gasteiger charge is -1.90. The Balaban J connectivity index is 2.38. The van der Waals surface area contributed by atoms with Crippen molar-refractivity contribution >= 4 is 17.7 Å². The van der Waals surface area contributed by atoms with Crippen molar-refractivity contribution in [1.29, 1.82) is 0 Å². The number of nitrogens with one attached hydrogen (secondary N) is 1. The molecule has 1 N–H and O–H groups in total. The summed E-state index contributed by atoms with van der Waals surface area (Å²) >= 11 is 1.64. The molecule has 48 valence electrons. The number of hydrogen-bond donors (Lipinski definition) is 1. The zero-order chi connectivity index (χ0) is 6.53. The van der Waals surface area contributed by atoms with Crippen LogP contribution in [0.1, 0.15) is 4.88 Å². The van der Waals surface area contributed by atoms with Gasteiger partial charge in [-0.2, -0.15) is 0 Å². The second kappa shape index (κ2) is 3.25. The molecule has 1 heterocycles. The minimum absolute atomic E-state index is 0.654. The molecule has 0 bridgehead atoms. The van der Waals surface area contributed by atoms with E-state index in [0.29, 0.717) is 13.0 Å². The second-order valence-corrected chi connectivity index (χ2v) is 2.61. The van der Waals surface area contributed by atoms with E-state index in [1.165, 1.54) is 4.88 Å². The fourth-order valence-corrected chi connectivity index (χ4v) is 1.21. The van der Waals surface area contributed by atoms with Gasteiger partial charge < -0.3 is 5.32 Å². The number of amides is 1. The van der Waals surface area contributed by atoms with Gasteiger partial charge in [0.25, 0.3) is 0 Å². The van der Waals surface area contributed by atoms with Crippen molar-refractivity contribution in [3.8, 4) is 0 Å². The number of hydrogen-bond acceptors (Lipinski definition) is 2. The molecule has 1 aromatic rings. The topological polar surface area (TPSA) is 29.1 Å². The molecule has 0 spiro atoms. The molecule has 0 fully saturated rings. The number of carbonyl (C=O) groups is 1. The monoisotopic (exact) mass is 141 g/mol. The van der Waals surface area contributed by atoms with Crippen molar-refractivity contribution < 1.29 is 4.79 Å². The summed E-state index contributed by atoms with van der Waals surface area (Å²) in [6.07, 6.45) is 0.708. The average Bonchev–Trinajstić information content (AvgIpc) is 2.34. The van der Waals surface area contributed by atoms with E-state index in [9.17, 15) is 4.79 Å². The van der Waals surface area contributed by atoms with Crippen LogP contribution in [-0.2, 0) is 11.3 Å². The quantitative estimate of drug-likeness (QED) is 0.625. The van der Waals surface area contributed by atoms with E-state index in [0.717, 1.165) is 0 Å². The first-order valence-corrected chi connectivity index (χ1v) is 3.51. The normalized spacial score (nSPS) is 8.89. The largest absolute Gasteiger partial charge is 0.354 e. The Morgan fingerprint density at radius 3 is 3.22 bits per heavy atom. The first kappa shape index (κ1) is 6.29. The average molecular weight is 141 g/mol. The summed E-state index contributed by atoms with van der Waals surface area (Å²) < 4.78 is 0. The lowest BCUT2D eigenvalue weighted by Crippen LogP contribution is -2.07. The molecular weight excluding hydrogens is 134 g/mol. The number of rotatable bonds is 3. The molecule has 1 amide bonds. The standard InChI is InChI=1S/C6H7NOS/c8-5-7-4-6-2-1-3-9-6/h1-3,5H,4H2,(H,7,8). The third kappa shape index (κ3) is 1.85. The Labute approximate surface area is 57.5 Å². The van der Waals surface area contributed by atoms with Crippen molar-refractivity contribution in [2.75, 3.05) is 0 Å². The van der Waals surface area contributed by atoms with Gasteiger partial charge in [0.05, 0.1) is 6.54 Å². The van der Waals surface area contributed by atoms with Gasteiger partial charge >= 0.3 is 0 Å². The van der Waals surface area contributed by atoms with Crippen LogP contribution in [0, 0.1) is 0 Å². The zero-order valence-corrected chi connectivity index (χ0v) is 5.65. The van der Waals surface area contributed by atoms with E-state index in [1.54, 1.807) is 11.3 Å². The maximum atomic E-state index is 9.79. The molecular formula is C6H7NOS. The molecule has 0 radical (unpaired) electrons. The highest BCUT2D eigenvalue weighted by Gasteiger charge is 1.87. The van der Waals surface area contributed by atoms with Crippen LogP contribution in [0.3, 0.4) is 0 Å². The van der Waals surface area contributed by atoms with Gasteiger partial charge in [-0.15, -0.1) is 11.3 Å². The molecule has 0 aromatic carbocycles. The number of thiophene rings is 1. The van der Waals surface area contributed by atoms with Crippen LogP contribution >= 0.6 is 11.3 Å². The summed E-state index contributed by atoms with van der Waals surface area (Å²) in [5, 5.41) is 4.57. The molecule has 0 atom stereocenters. The zero-order valence-electron chi connectivity index (χ0n) is 4.83. The van der Waals surface area contributed by atoms with Crippen LogP contribution in [0.15, 0.2) is 17.5 Å². The van der Waals surface area contributed by atoms with Crippen molar-refractivity contribution in [2.45, 2.75) is 6.54 Å².